The lowest BCUT2D eigenvalue weighted by Gasteiger charge is -2.21. The smallest absolute Gasteiger partial charge is 0.238 e. The number of carbonyl (C=O) groups is 2. The predicted octanol–water partition coefficient (Wildman–Crippen LogP) is 4.41. The number of anilines is 3. The molecule has 0 saturated carbocycles. The number of para-hydroxylation sites is 1. The van der Waals surface area contributed by atoms with Crippen LogP contribution in [0.4, 0.5) is 17.1 Å². The zero-order chi connectivity index (χ0) is 21.7. The number of hydrogen-bond acceptors (Lipinski definition) is 4. The van der Waals surface area contributed by atoms with Crippen LogP contribution in [0.3, 0.4) is 0 Å². The maximum Gasteiger partial charge on any atom is 0.238 e. The quantitative estimate of drug-likeness (QED) is 0.658. The Morgan fingerprint density at radius 3 is 2.20 bits per heavy atom. The van der Waals surface area contributed by atoms with Gasteiger partial charge in [-0.2, -0.15) is 0 Å². The average Bonchev–Trinajstić information content (AvgIpc) is 3.19. The molecule has 0 aliphatic carbocycles. The molecule has 2 aromatic rings. The minimum atomic E-state index is -0.300. The van der Waals surface area contributed by atoms with Gasteiger partial charge in [-0.1, -0.05) is 29.3 Å². The predicted molar refractivity (Wildman–Crippen MR) is 124 cm³/mol. The molecule has 6 nitrogen and oxygen atoms in total. The second-order valence-electron chi connectivity index (χ2n) is 7.56. The summed E-state index contributed by atoms with van der Waals surface area (Å²) in [6.07, 6.45) is 2.45. The molecule has 0 spiro atoms. The molecular formula is C22H26Cl2N4O2. The summed E-state index contributed by atoms with van der Waals surface area (Å²) in [7, 11) is 1.70. The Balaban J connectivity index is 1.50. The van der Waals surface area contributed by atoms with Gasteiger partial charge in [-0.05, 0) is 62.7 Å². The second-order valence-corrected chi connectivity index (χ2v) is 8.38. The van der Waals surface area contributed by atoms with E-state index in [2.05, 4.69) is 28.5 Å². The van der Waals surface area contributed by atoms with Crippen LogP contribution in [0.5, 0.6) is 0 Å². The van der Waals surface area contributed by atoms with Crippen molar-refractivity contribution in [2.24, 2.45) is 0 Å². The summed E-state index contributed by atoms with van der Waals surface area (Å²) >= 11 is 12.1. The highest BCUT2D eigenvalue weighted by atomic mass is 35.5. The van der Waals surface area contributed by atoms with Crippen molar-refractivity contribution in [2.75, 3.05) is 48.8 Å². The molecule has 2 N–H and O–H groups in total. The van der Waals surface area contributed by atoms with Gasteiger partial charge in [0.15, 0.2) is 0 Å². The second kappa shape index (κ2) is 10.2. The first kappa shape index (κ1) is 22.4. The van der Waals surface area contributed by atoms with Crippen LogP contribution < -0.4 is 15.5 Å². The van der Waals surface area contributed by atoms with Gasteiger partial charge in [-0.15, -0.1) is 0 Å². The summed E-state index contributed by atoms with van der Waals surface area (Å²) < 4.78 is 0. The molecule has 0 bridgehead atoms. The lowest BCUT2D eigenvalue weighted by atomic mass is 10.1. The maximum absolute atomic E-state index is 12.4. The number of nitrogens with one attached hydrogen (secondary N) is 2. The standard InChI is InChI=1S/C22H26Cl2N4O2/c1-15-12-16(8-9-19(15)28-10-3-4-11-28)25-20(29)13-27(2)14-21(30)26-22-17(23)6-5-7-18(22)24/h5-9,12H,3-4,10-11,13-14H2,1-2H3,(H,25,29)(H,26,30). The summed E-state index contributed by atoms with van der Waals surface area (Å²) in [4.78, 5) is 28.7. The fourth-order valence-electron chi connectivity index (χ4n) is 3.59. The number of likely N-dealkylation sites (N-methyl/N-ethyl adjacent to an activating group) is 1. The summed E-state index contributed by atoms with van der Waals surface area (Å²) in [6.45, 7) is 4.33. The van der Waals surface area contributed by atoms with Crippen molar-refractivity contribution in [3.63, 3.8) is 0 Å². The van der Waals surface area contributed by atoms with Crippen molar-refractivity contribution in [1.82, 2.24) is 4.90 Å². The number of rotatable bonds is 7. The molecule has 0 atom stereocenters. The van der Waals surface area contributed by atoms with Gasteiger partial charge in [0.2, 0.25) is 11.8 Å². The summed E-state index contributed by atoms with van der Waals surface area (Å²) in [5.74, 6) is -0.486. The molecule has 2 amide bonds. The van der Waals surface area contributed by atoms with Crippen LogP contribution in [0.25, 0.3) is 0 Å². The van der Waals surface area contributed by atoms with Crippen LogP contribution in [0.1, 0.15) is 18.4 Å². The summed E-state index contributed by atoms with van der Waals surface area (Å²) in [5, 5.41) is 6.32. The molecule has 1 fully saturated rings. The van der Waals surface area contributed by atoms with Crippen LogP contribution in [-0.2, 0) is 9.59 Å². The van der Waals surface area contributed by atoms with Crippen molar-refractivity contribution >= 4 is 52.1 Å². The Kier molecular flexibility index (Phi) is 7.58. The van der Waals surface area contributed by atoms with Crippen LogP contribution in [0.15, 0.2) is 36.4 Å². The van der Waals surface area contributed by atoms with E-state index in [1.807, 2.05) is 12.1 Å². The lowest BCUT2D eigenvalue weighted by molar-refractivity contribution is -0.119. The van der Waals surface area contributed by atoms with Gasteiger partial charge in [-0.25, -0.2) is 0 Å². The maximum atomic E-state index is 12.4. The highest BCUT2D eigenvalue weighted by Gasteiger charge is 2.16. The monoisotopic (exact) mass is 448 g/mol. The van der Waals surface area contributed by atoms with E-state index in [9.17, 15) is 9.59 Å². The molecule has 0 unspecified atom stereocenters. The van der Waals surface area contributed by atoms with E-state index in [0.29, 0.717) is 15.7 Å². The molecule has 2 aromatic carbocycles. The first-order valence-electron chi connectivity index (χ1n) is 9.91. The number of hydrogen-bond donors (Lipinski definition) is 2. The molecule has 0 radical (unpaired) electrons. The number of carbonyl (C=O) groups excluding carboxylic acids is 2. The van der Waals surface area contributed by atoms with Gasteiger partial charge >= 0.3 is 0 Å². The van der Waals surface area contributed by atoms with Gasteiger partial charge in [-0.3, -0.25) is 14.5 Å². The third-order valence-electron chi connectivity index (χ3n) is 4.98. The van der Waals surface area contributed by atoms with Crippen LogP contribution in [0.2, 0.25) is 10.0 Å². The highest BCUT2D eigenvalue weighted by molar-refractivity contribution is 6.39. The van der Waals surface area contributed by atoms with Crippen LogP contribution in [0, 0.1) is 6.92 Å². The van der Waals surface area contributed by atoms with Gasteiger partial charge in [0, 0.05) is 24.5 Å². The van der Waals surface area contributed by atoms with E-state index < -0.39 is 0 Å². The van der Waals surface area contributed by atoms with Gasteiger partial charge in [0.25, 0.3) is 0 Å². The molecule has 1 heterocycles. The Morgan fingerprint density at radius 1 is 1.00 bits per heavy atom. The lowest BCUT2D eigenvalue weighted by Crippen LogP contribution is -2.36. The van der Waals surface area contributed by atoms with Gasteiger partial charge < -0.3 is 15.5 Å². The zero-order valence-electron chi connectivity index (χ0n) is 17.2. The molecule has 1 aliphatic rings. The van der Waals surface area contributed by atoms with E-state index in [-0.39, 0.29) is 24.9 Å². The zero-order valence-corrected chi connectivity index (χ0v) is 18.7. The fraction of sp³-hybridized carbons (Fsp3) is 0.364. The number of nitrogens with zero attached hydrogens (tertiary/aromatic N) is 2. The molecule has 8 heteroatoms. The Bertz CT molecular complexity index is 909. The third kappa shape index (κ3) is 5.88. The number of halogens is 2. The molecule has 1 saturated heterocycles. The first-order chi connectivity index (χ1) is 14.3. The minimum absolute atomic E-state index is 0.0297. The molecule has 30 heavy (non-hydrogen) atoms. The van der Waals surface area contributed by atoms with Gasteiger partial charge in [0.05, 0.1) is 28.8 Å². The number of amides is 2. The normalized spacial score (nSPS) is 13.6. The van der Waals surface area contributed by atoms with Crippen LogP contribution >= 0.6 is 23.2 Å². The molecule has 3 rings (SSSR count). The largest absolute Gasteiger partial charge is 0.371 e. The van der Waals surface area contributed by atoms with E-state index in [1.54, 1.807) is 30.1 Å². The fourth-order valence-corrected chi connectivity index (χ4v) is 4.08. The molecular weight excluding hydrogens is 423 g/mol. The van der Waals surface area contributed by atoms with Crippen molar-refractivity contribution in [1.29, 1.82) is 0 Å². The van der Waals surface area contributed by atoms with Crippen LogP contribution in [-0.4, -0.2) is 49.9 Å². The van der Waals surface area contributed by atoms with Crippen molar-refractivity contribution in [3.05, 3.63) is 52.0 Å². The Morgan fingerprint density at radius 2 is 1.60 bits per heavy atom. The number of aryl methyl sites for hydroxylation is 1. The highest BCUT2D eigenvalue weighted by Crippen LogP contribution is 2.29. The molecule has 160 valence electrons. The summed E-state index contributed by atoms with van der Waals surface area (Å²) in [5.41, 5.74) is 3.48. The Hall–Kier alpha value is -2.28. The van der Waals surface area contributed by atoms with Crippen molar-refractivity contribution in [3.8, 4) is 0 Å². The summed E-state index contributed by atoms with van der Waals surface area (Å²) in [6, 6.07) is 11.0. The first-order valence-corrected chi connectivity index (χ1v) is 10.7. The topological polar surface area (TPSA) is 64.7 Å². The molecule has 1 aliphatic heterocycles. The third-order valence-corrected chi connectivity index (χ3v) is 5.61. The van der Waals surface area contributed by atoms with E-state index in [1.165, 1.54) is 18.5 Å². The number of benzene rings is 2. The average molecular weight is 449 g/mol. The van der Waals surface area contributed by atoms with E-state index in [4.69, 9.17) is 23.2 Å². The molecule has 0 aromatic heterocycles. The van der Waals surface area contributed by atoms with E-state index >= 15 is 0 Å². The van der Waals surface area contributed by atoms with Crippen molar-refractivity contribution in [2.45, 2.75) is 19.8 Å². The Labute approximate surface area is 187 Å². The van der Waals surface area contributed by atoms with Crippen molar-refractivity contribution < 1.29 is 9.59 Å². The van der Waals surface area contributed by atoms with Gasteiger partial charge in [0.1, 0.15) is 0 Å². The minimum Gasteiger partial charge on any atom is -0.371 e. The van der Waals surface area contributed by atoms with E-state index in [0.717, 1.165) is 24.3 Å². The SMILES string of the molecule is Cc1cc(NC(=O)CN(C)CC(=O)Nc2c(Cl)cccc2Cl)ccc1N1CCCC1.